The van der Waals surface area contributed by atoms with Gasteiger partial charge in [-0.05, 0) is 39.3 Å². The molecule has 1 aliphatic rings. The molecule has 0 spiro atoms. The molecule has 1 heterocycles. The molecule has 114 valence electrons. The Bertz CT molecular complexity index is 498. The number of ether oxygens (including phenoxy) is 3. The Morgan fingerprint density at radius 2 is 1.57 bits per heavy atom. The van der Waals surface area contributed by atoms with Crippen molar-refractivity contribution in [2.24, 2.45) is 0 Å². The first-order valence-electron chi connectivity index (χ1n) is 7.04. The Kier molecular flexibility index (Phi) is 4.21. The maximum absolute atomic E-state index is 12.4. The zero-order valence-electron chi connectivity index (χ0n) is 12.7. The first kappa shape index (κ1) is 15.4. The third-order valence-corrected chi connectivity index (χ3v) is 3.04. The van der Waals surface area contributed by atoms with Crippen molar-refractivity contribution < 1.29 is 23.8 Å². The number of carbonyl (C=O) groups excluding carboxylic acids is 2. The number of benzene rings is 1. The van der Waals surface area contributed by atoms with E-state index in [1.165, 1.54) is 0 Å². The second-order valence-corrected chi connectivity index (χ2v) is 5.62. The molecule has 0 amide bonds. The molecule has 0 unspecified atom stereocenters. The molecule has 2 rings (SSSR count). The van der Waals surface area contributed by atoms with Gasteiger partial charge in [0.2, 0.25) is 0 Å². The molecule has 5 heteroatoms. The normalized spacial score (nSPS) is 15.5. The van der Waals surface area contributed by atoms with Crippen LogP contribution in [0.3, 0.4) is 0 Å². The van der Waals surface area contributed by atoms with Gasteiger partial charge in [0, 0.05) is 6.42 Å². The molecule has 1 aromatic carbocycles. The minimum absolute atomic E-state index is 0.125. The van der Waals surface area contributed by atoms with Gasteiger partial charge in [-0.25, -0.2) is 9.59 Å². The first-order chi connectivity index (χ1) is 9.85. The molecule has 0 N–H and O–H groups in total. The maximum atomic E-state index is 12.4. The second kappa shape index (κ2) is 5.76. The summed E-state index contributed by atoms with van der Waals surface area (Å²) in [5.74, 6) is -0.905. The lowest BCUT2D eigenvalue weighted by Gasteiger charge is -2.26. The Morgan fingerprint density at radius 1 is 1.05 bits per heavy atom. The van der Waals surface area contributed by atoms with Gasteiger partial charge in [0.15, 0.2) is 0 Å². The minimum Gasteiger partial charge on any atom is -0.463 e. The van der Waals surface area contributed by atoms with E-state index in [-0.39, 0.29) is 18.6 Å². The van der Waals surface area contributed by atoms with Gasteiger partial charge < -0.3 is 14.2 Å². The average molecular weight is 292 g/mol. The molecular formula is C16H20O5. The molecule has 0 bridgehead atoms. The third kappa shape index (κ3) is 3.01. The predicted molar refractivity (Wildman–Crippen MR) is 76.0 cm³/mol. The summed E-state index contributed by atoms with van der Waals surface area (Å²) in [6.07, 6.45) is -0.553. The number of rotatable bonds is 4. The molecule has 0 aliphatic carbocycles. The fourth-order valence-corrected chi connectivity index (χ4v) is 2.17. The van der Waals surface area contributed by atoms with E-state index in [1.807, 2.05) is 12.1 Å². The van der Waals surface area contributed by atoms with Crippen molar-refractivity contribution in [3.05, 3.63) is 29.8 Å². The summed E-state index contributed by atoms with van der Waals surface area (Å²) in [4.78, 5) is 24.8. The molecule has 0 atom stereocenters. The van der Waals surface area contributed by atoms with Crippen molar-refractivity contribution in [3.8, 4) is 5.75 Å². The molecule has 0 aromatic heterocycles. The van der Waals surface area contributed by atoms with Crippen LogP contribution in [0.1, 0.15) is 33.3 Å². The van der Waals surface area contributed by atoms with E-state index in [2.05, 4.69) is 0 Å². The van der Waals surface area contributed by atoms with Crippen molar-refractivity contribution in [3.63, 3.8) is 0 Å². The van der Waals surface area contributed by atoms with E-state index in [9.17, 15) is 9.59 Å². The van der Waals surface area contributed by atoms with Crippen molar-refractivity contribution in [1.82, 2.24) is 0 Å². The van der Waals surface area contributed by atoms with Gasteiger partial charge in [0.05, 0.1) is 12.2 Å². The van der Waals surface area contributed by atoms with Crippen LogP contribution in [0.25, 0.3) is 0 Å². The fraction of sp³-hybridized carbons (Fsp3) is 0.500. The predicted octanol–water partition coefficient (Wildman–Crippen LogP) is 2.26. The van der Waals surface area contributed by atoms with Gasteiger partial charge in [-0.15, -0.1) is 0 Å². The summed E-state index contributed by atoms with van der Waals surface area (Å²) in [5, 5.41) is 0. The number of carbonyl (C=O) groups is 2. The second-order valence-electron chi connectivity index (χ2n) is 5.62. The zero-order valence-corrected chi connectivity index (χ0v) is 12.7. The molecule has 1 aliphatic heterocycles. The van der Waals surface area contributed by atoms with E-state index in [0.717, 1.165) is 5.56 Å². The van der Waals surface area contributed by atoms with E-state index >= 15 is 0 Å². The van der Waals surface area contributed by atoms with Crippen molar-refractivity contribution in [2.75, 3.05) is 0 Å². The van der Waals surface area contributed by atoms with Crippen LogP contribution in [0.2, 0.25) is 0 Å². The van der Waals surface area contributed by atoms with E-state index < -0.39 is 17.5 Å². The molecular weight excluding hydrogens is 272 g/mol. The number of fused-ring (bicyclic) bond motifs is 1. The summed E-state index contributed by atoms with van der Waals surface area (Å²) >= 11 is 0. The SMILES string of the molecule is CC(C)OC(=O)C1(C(=O)OC(C)C)Cc2ccccc2O1. The topological polar surface area (TPSA) is 61.8 Å². The summed E-state index contributed by atoms with van der Waals surface area (Å²) in [7, 11) is 0. The monoisotopic (exact) mass is 292 g/mol. The fourth-order valence-electron chi connectivity index (χ4n) is 2.17. The van der Waals surface area contributed by atoms with Crippen LogP contribution in [0, 0.1) is 0 Å². The highest BCUT2D eigenvalue weighted by Gasteiger charge is 2.56. The average Bonchev–Trinajstić information content (AvgIpc) is 2.77. The van der Waals surface area contributed by atoms with Crippen LogP contribution in [0.4, 0.5) is 0 Å². The first-order valence-corrected chi connectivity index (χ1v) is 7.04. The van der Waals surface area contributed by atoms with Gasteiger partial charge in [0.1, 0.15) is 5.75 Å². The van der Waals surface area contributed by atoms with Crippen molar-refractivity contribution in [2.45, 2.75) is 51.9 Å². The summed E-state index contributed by atoms with van der Waals surface area (Å²) in [6.45, 7) is 6.89. The lowest BCUT2D eigenvalue weighted by atomic mass is 9.97. The van der Waals surface area contributed by atoms with Crippen molar-refractivity contribution in [1.29, 1.82) is 0 Å². The smallest absolute Gasteiger partial charge is 0.363 e. The summed E-state index contributed by atoms with van der Waals surface area (Å²) < 4.78 is 16.1. The largest absolute Gasteiger partial charge is 0.463 e. The van der Waals surface area contributed by atoms with Crippen LogP contribution in [-0.4, -0.2) is 29.7 Å². The highest BCUT2D eigenvalue weighted by Crippen LogP contribution is 2.37. The van der Waals surface area contributed by atoms with Crippen molar-refractivity contribution >= 4 is 11.9 Å². The van der Waals surface area contributed by atoms with Gasteiger partial charge in [0.25, 0.3) is 0 Å². The summed E-state index contributed by atoms with van der Waals surface area (Å²) in [6, 6.07) is 7.17. The highest BCUT2D eigenvalue weighted by atomic mass is 16.6. The number of esters is 2. The number of hydrogen-bond acceptors (Lipinski definition) is 5. The molecule has 0 saturated carbocycles. The summed E-state index contributed by atoms with van der Waals surface area (Å²) in [5.41, 5.74) is -0.947. The molecule has 5 nitrogen and oxygen atoms in total. The number of para-hydroxylation sites is 1. The zero-order chi connectivity index (χ0) is 15.6. The van der Waals surface area contributed by atoms with Gasteiger partial charge in [-0.2, -0.15) is 0 Å². The molecule has 0 radical (unpaired) electrons. The molecule has 21 heavy (non-hydrogen) atoms. The lowest BCUT2D eigenvalue weighted by Crippen LogP contribution is -2.54. The van der Waals surface area contributed by atoms with Crippen LogP contribution >= 0.6 is 0 Å². The lowest BCUT2D eigenvalue weighted by molar-refractivity contribution is -0.182. The van der Waals surface area contributed by atoms with Crippen LogP contribution in [0.5, 0.6) is 5.75 Å². The molecule has 0 saturated heterocycles. The van der Waals surface area contributed by atoms with Crippen LogP contribution in [-0.2, 0) is 25.5 Å². The minimum atomic E-state index is -1.74. The quantitative estimate of drug-likeness (QED) is 0.629. The Labute approximate surface area is 124 Å². The van der Waals surface area contributed by atoms with Gasteiger partial charge >= 0.3 is 17.5 Å². The van der Waals surface area contributed by atoms with Crippen LogP contribution < -0.4 is 4.74 Å². The van der Waals surface area contributed by atoms with E-state index in [0.29, 0.717) is 5.75 Å². The van der Waals surface area contributed by atoms with E-state index in [1.54, 1.807) is 39.8 Å². The van der Waals surface area contributed by atoms with Gasteiger partial charge in [-0.3, -0.25) is 0 Å². The molecule has 0 fully saturated rings. The highest BCUT2D eigenvalue weighted by molar-refractivity contribution is 6.05. The standard InChI is InChI=1S/C16H20O5/c1-10(2)19-14(17)16(15(18)20-11(3)4)9-12-7-5-6-8-13(12)21-16/h5-8,10-11H,9H2,1-4H3. The Hall–Kier alpha value is -2.04. The number of hydrogen-bond donors (Lipinski definition) is 0. The Balaban J connectivity index is 2.33. The third-order valence-electron chi connectivity index (χ3n) is 3.04. The Morgan fingerprint density at radius 3 is 2.05 bits per heavy atom. The molecule has 1 aromatic rings. The van der Waals surface area contributed by atoms with E-state index in [4.69, 9.17) is 14.2 Å². The van der Waals surface area contributed by atoms with Crippen LogP contribution in [0.15, 0.2) is 24.3 Å². The van der Waals surface area contributed by atoms with Gasteiger partial charge in [-0.1, -0.05) is 18.2 Å². The maximum Gasteiger partial charge on any atom is 0.363 e.